The molecular formula is C27H20BrClN2O4. The van der Waals surface area contributed by atoms with Gasteiger partial charge < -0.3 is 9.47 Å². The molecule has 4 rings (SSSR count). The molecule has 0 aliphatic heterocycles. The van der Waals surface area contributed by atoms with Gasteiger partial charge in [0.25, 0.3) is 5.91 Å². The summed E-state index contributed by atoms with van der Waals surface area (Å²) in [7, 11) is 0. The second kappa shape index (κ2) is 11.2. The maximum atomic E-state index is 13.0. The van der Waals surface area contributed by atoms with Crippen molar-refractivity contribution in [2.75, 3.05) is 6.61 Å². The molecular weight excluding hydrogens is 532 g/mol. The average molecular weight is 552 g/mol. The molecule has 6 nitrogen and oxygen atoms in total. The first-order chi connectivity index (χ1) is 17.0. The number of amides is 1. The SMILES string of the molecule is CCOc1cc(/C=N\NC(=O)c2ccc(Cl)cc2)cc(Br)c1OC(=O)c1cccc2ccccc12. The minimum atomic E-state index is -0.500. The zero-order chi connectivity index (χ0) is 24.8. The molecule has 8 heteroatoms. The van der Waals surface area contributed by atoms with Crippen molar-refractivity contribution in [2.24, 2.45) is 5.10 Å². The Bertz CT molecular complexity index is 1420. The van der Waals surface area contributed by atoms with Crippen LogP contribution in [-0.4, -0.2) is 24.7 Å². The van der Waals surface area contributed by atoms with Gasteiger partial charge in [-0.05, 0) is 81.7 Å². The number of nitrogens with zero attached hydrogens (tertiary/aromatic N) is 1. The number of benzene rings is 4. The summed E-state index contributed by atoms with van der Waals surface area (Å²) >= 11 is 9.32. The van der Waals surface area contributed by atoms with Crippen LogP contribution in [0.1, 0.15) is 33.2 Å². The minimum Gasteiger partial charge on any atom is -0.490 e. The van der Waals surface area contributed by atoms with Crippen molar-refractivity contribution in [1.82, 2.24) is 5.43 Å². The van der Waals surface area contributed by atoms with Crippen LogP contribution in [0.5, 0.6) is 11.5 Å². The number of nitrogens with one attached hydrogen (secondary N) is 1. The Morgan fingerprint density at radius 3 is 2.54 bits per heavy atom. The summed E-state index contributed by atoms with van der Waals surface area (Å²) in [6.45, 7) is 2.19. The summed E-state index contributed by atoms with van der Waals surface area (Å²) < 4.78 is 12.0. The van der Waals surface area contributed by atoms with E-state index in [1.165, 1.54) is 6.21 Å². The predicted molar refractivity (Wildman–Crippen MR) is 141 cm³/mol. The molecule has 4 aromatic rings. The van der Waals surface area contributed by atoms with Crippen LogP contribution < -0.4 is 14.9 Å². The molecule has 0 fully saturated rings. The second-order valence-corrected chi connectivity index (χ2v) is 8.68. The van der Waals surface area contributed by atoms with E-state index in [0.717, 1.165) is 10.8 Å². The van der Waals surface area contributed by atoms with Crippen molar-refractivity contribution in [3.63, 3.8) is 0 Å². The largest absolute Gasteiger partial charge is 0.490 e. The molecule has 0 radical (unpaired) electrons. The van der Waals surface area contributed by atoms with E-state index in [-0.39, 0.29) is 11.7 Å². The molecule has 0 spiro atoms. The monoisotopic (exact) mass is 550 g/mol. The molecule has 1 amide bonds. The van der Waals surface area contributed by atoms with Crippen LogP contribution in [0.3, 0.4) is 0 Å². The van der Waals surface area contributed by atoms with E-state index in [2.05, 4.69) is 26.5 Å². The summed E-state index contributed by atoms with van der Waals surface area (Å²) in [5.74, 6) is -0.254. The maximum absolute atomic E-state index is 13.0. The Kier molecular flexibility index (Phi) is 7.80. The van der Waals surface area contributed by atoms with Gasteiger partial charge in [-0.25, -0.2) is 10.2 Å². The van der Waals surface area contributed by atoms with E-state index in [1.54, 1.807) is 42.5 Å². The molecule has 1 N–H and O–H groups in total. The quantitative estimate of drug-likeness (QED) is 0.121. The number of halogens is 2. The third kappa shape index (κ3) is 5.88. The molecule has 0 aromatic heterocycles. The standard InChI is InChI=1S/C27H20BrClN2O4/c1-2-34-24-15-17(16-30-31-26(32)19-10-12-20(29)13-11-19)14-23(28)25(24)35-27(33)22-9-5-7-18-6-3-4-8-21(18)22/h3-16H,2H2,1H3,(H,31,32)/b30-16-. The van der Waals surface area contributed by atoms with Gasteiger partial charge in [0.2, 0.25) is 0 Å². The van der Waals surface area contributed by atoms with Gasteiger partial charge in [0.1, 0.15) is 0 Å². The topological polar surface area (TPSA) is 77.0 Å². The molecule has 0 aliphatic carbocycles. The van der Waals surface area contributed by atoms with Gasteiger partial charge in [-0.15, -0.1) is 0 Å². The fourth-order valence-corrected chi connectivity index (χ4v) is 4.07. The molecule has 0 bridgehead atoms. The highest BCUT2D eigenvalue weighted by atomic mass is 79.9. The highest BCUT2D eigenvalue weighted by Gasteiger charge is 2.18. The molecule has 0 saturated carbocycles. The van der Waals surface area contributed by atoms with Crippen LogP contribution in [-0.2, 0) is 0 Å². The van der Waals surface area contributed by atoms with Gasteiger partial charge >= 0.3 is 5.97 Å². The zero-order valence-electron chi connectivity index (χ0n) is 18.6. The van der Waals surface area contributed by atoms with Crippen molar-refractivity contribution < 1.29 is 19.1 Å². The van der Waals surface area contributed by atoms with Crippen molar-refractivity contribution in [3.8, 4) is 11.5 Å². The lowest BCUT2D eigenvalue weighted by atomic mass is 10.0. The molecule has 0 aliphatic rings. The third-order valence-corrected chi connectivity index (χ3v) is 5.86. The van der Waals surface area contributed by atoms with Crippen LogP contribution in [0, 0.1) is 0 Å². The third-order valence-electron chi connectivity index (χ3n) is 5.02. The van der Waals surface area contributed by atoms with E-state index in [9.17, 15) is 9.59 Å². The predicted octanol–water partition coefficient (Wildman–Crippen LogP) is 6.64. The molecule has 4 aromatic carbocycles. The van der Waals surface area contributed by atoms with Gasteiger partial charge in [0, 0.05) is 10.6 Å². The first-order valence-corrected chi connectivity index (χ1v) is 11.9. The van der Waals surface area contributed by atoms with E-state index < -0.39 is 5.97 Å². The number of hydrogen-bond donors (Lipinski definition) is 1. The van der Waals surface area contributed by atoms with E-state index in [4.69, 9.17) is 21.1 Å². The molecule has 0 unspecified atom stereocenters. The average Bonchev–Trinajstić information content (AvgIpc) is 2.86. The lowest BCUT2D eigenvalue weighted by molar-refractivity contribution is 0.0729. The number of carbonyl (C=O) groups excluding carboxylic acids is 2. The Morgan fingerprint density at radius 1 is 1.03 bits per heavy atom. The van der Waals surface area contributed by atoms with Crippen molar-refractivity contribution >= 4 is 56.4 Å². The number of carbonyl (C=O) groups is 2. The fourth-order valence-electron chi connectivity index (χ4n) is 3.41. The first-order valence-electron chi connectivity index (χ1n) is 10.7. The first kappa shape index (κ1) is 24.4. The number of rotatable bonds is 7. The number of hydrazone groups is 1. The summed E-state index contributed by atoms with van der Waals surface area (Å²) in [6.07, 6.45) is 1.47. The molecule has 0 atom stereocenters. The smallest absolute Gasteiger partial charge is 0.344 e. The maximum Gasteiger partial charge on any atom is 0.344 e. The highest BCUT2D eigenvalue weighted by molar-refractivity contribution is 9.10. The van der Waals surface area contributed by atoms with E-state index in [1.807, 2.05) is 43.3 Å². The normalized spacial score (nSPS) is 10.9. The summed E-state index contributed by atoms with van der Waals surface area (Å²) in [5.41, 5.74) is 3.98. The number of fused-ring (bicyclic) bond motifs is 1. The number of esters is 1. The van der Waals surface area contributed by atoms with Gasteiger partial charge in [-0.2, -0.15) is 5.10 Å². The van der Waals surface area contributed by atoms with Crippen LogP contribution >= 0.6 is 27.5 Å². The van der Waals surface area contributed by atoms with Crippen LogP contribution in [0.25, 0.3) is 10.8 Å². The minimum absolute atomic E-state index is 0.257. The number of ether oxygens (including phenoxy) is 2. The lowest BCUT2D eigenvalue weighted by Crippen LogP contribution is -2.17. The van der Waals surface area contributed by atoms with Crippen LogP contribution in [0.4, 0.5) is 0 Å². The number of hydrogen-bond acceptors (Lipinski definition) is 5. The van der Waals surface area contributed by atoms with Crippen LogP contribution in [0.15, 0.2) is 88.4 Å². The molecule has 176 valence electrons. The Hall–Kier alpha value is -3.68. The fraction of sp³-hybridized carbons (Fsp3) is 0.0741. The molecule has 0 saturated heterocycles. The van der Waals surface area contributed by atoms with Crippen molar-refractivity contribution in [1.29, 1.82) is 0 Å². The van der Waals surface area contributed by atoms with E-state index in [0.29, 0.717) is 38.5 Å². The Morgan fingerprint density at radius 2 is 1.77 bits per heavy atom. The highest BCUT2D eigenvalue weighted by Crippen LogP contribution is 2.37. The van der Waals surface area contributed by atoms with Gasteiger partial charge in [0.15, 0.2) is 11.5 Å². The summed E-state index contributed by atoms with van der Waals surface area (Å²) in [4.78, 5) is 25.3. The van der Waals surface area contributed by atoms with Crippen molar-refractivity contribution in [2.45, 2.75) is 6.92 Å². The Balaban J connectivity index is 1.55. The van der Waals surface area contributed by atoms with Crippen molar-refractivity contribution in [3.05, 3.63) is 105 Å². The second-order valence-electron chi connectivity index (χ2n) is 7.39. The lowest BCUT2D eigenvalue weighted by Gasteiger charge is -2.14. The zero-order valence-corrected chi connectivity index (χ0v) is 21.0. The van der Waals surface area contributed by atoms with E-state index >= 15 is 0 Å². The van der Waals surface area contributed by atoms with Gasteiger partial charge in [0.05, 0.1) is 22.9 Å². The Labute approximate surface area is 215 Å². The van der Waals surface area contributed by atoms with Gasteiger partial charge in [-0.3, -0.25) is 4.79 Å². The molecule has 0 heterocycles. The summed E-state index contributed by atoms with van der Waals surface area (Å²) in [5, 5.41) is 6.30. The molecule has 35 heavy (non-hydrogen) atoms. The van der Waals surface area contributed by atoms with Gasteiger partial charge in [-0.1, -0.05) is 48.0 Å². The summed E-state index contributed by atoms with van der Waals surface area (Å²) in [6, 6.07) is 23.0. The van der Waals surface area contributed by atoms with Crippen LogP contribution in [0.2, 0.25) is 5.02 Å².